The Labute approximate surface area is 208 Å². The zero-order valence-corrected chi connectivity index (χ0v) is 20.8. The summed E-state index contributed by atoms with van der Waals surface area (Å²) in [6, 6.07) is 5.69. The van der Waals surface area contributed by atoms with Crippen molar-refractivity contribution in [2.45, 2.75) is 44.6 Å². The van der Waals surface area contributed by atoms with Crippen molar-refractivity contribution in [3.63, 3.8) is 0 Å². The van der Waals surface area contributed by atoms with Crippen LogP contribution in [0.25, 0.3) is 10.2 Å². The zero-order valence-electron chi connectivity index (χ0n) is 19.9. The second-order valence-electron chi connectivity index (χ2n) is 9.29. The van der Waals surface area contributed by atoms with Gasteiger partial charge in [-0.25, -0.2) is 15.0 Å². The highest BCUT2D eigenvalue weighted by Gasteiger charge is 2.32. The number of hydrogen-bond donors (Lipinski definition) is 2. The fourth-order valence-electron chi connectivity index (χ4n) is 5.17. The van der Waals surface area contributed by atoms with Crippen molar-refractivity contribution in [2.24, 2.45) is 5.92 Å². The number of pyridine rings is 1. The van der Waals surface area contributed by atoms with Crippen LogP contribution in [0, 0.1) is 5.92 Å². The van der Waals surface area contributed by atoms with E-state index in [0.29, 0.717) is 22.9 Å². The molecule has 9 nitrogen and oxygen atoms in total. The summed E-state index contributed by atoms with van der Waals surface area (Å²) in [6.45, 7) is 2.50. The molecule has 0 bridgehead atoms. The Hall–Kier alpha value is -3.27. The number of thiophene rings is 1. The highest BCUT2D eigenvalue weighted by molar-refractivity contribution is 7.21. The number of hydrogen-bond acceptors (Lipinski definition) is 8. The molecule has 2 fully saturated rings. The summed E-state index contributed by atoms with van der Waals surface area (Å²) >= 11 is 1.30. The minimum Gasteiger partial charge on any atom is -0.397 e. The third kappa shape index (κ3) is 4.80. The molecule has 35 heavy (non-hydrogen) atoms. The molecule has 2 saturated heterocycles. The van der Waals surface area contributed by atoms with Crippen LogP contribution in [0.3, 0.4) is 0 Å². The lowest BCUT2D eigenvalue weighted by molar-refractivity contribution is -0.136. The fraction of sp³-hybridized carbons (Fsp3) is 0.480. The molecule has 5 heterocycles. The number of nitrogen functional groups attached to an aromatic ring is 1. The molecule has 0 radical (unpaired) electrons. The number of likely N-dealkylation sites (tertiary alicyclic amines) is 1. The number of rotatable bonds is 5. The van der Waals surface area contributed by atoms with Gasteiger partial charge >= 0.3 is 0 Å². The van der Waals surface area contributed by atoms with Crippen molar-refractivity contribution >= 4 is 45.0 Å². The van der Waals surface area contributed by atoms with Crippen LogP contribution in [-0.4, -0.2) is 58.3 Å². The number of fused-ring (bicyclic) bond motifs is 1. The number of anilines is 2. The summed E-state index contributed by atoms with van der Waals surface area (Å²) in [5, 5.41) is 3.43. The summed E-state index contributed by atoms with van der Waals surface area (Å²) in [6.07, 6.45) is 9.01. The van der Waals surface area contributed by atoms with Crippen LogP contribution < -0.4 is 16.0 Å². The van der Waals surface area contributed by atoms with E-state index in [1.54, 1.807) is 19.4 Å². The van der Waals surface area contributed by atoms with Gasteiger partial charge in [0, 0.05) is 50.9 Å². The van der Waals surface area contributed by atoms with E-state index in [1.165, 1.54) is 11.3 Å². The summed E-state index contributed by atoms with van der Waals surface area (Å²) in [5.41, 5.74) is 7.55. The van der Waals surface area contributed by atoms with Gasteiger partial charge in [-0.2, -0.15) is 0 Å². The van der Waals surface area contributed by atoms with E-state index in [9.17, 15) is 9.59 Å². The predicted octanol–water partition coefficient (Wildman–Crippen LogP) is 3.39. The first-order chi connectivity index (χ1) is 17.0. The van der Waals surface area contributed by atoms with Crippen LogP contribution >= 0.6 is 11.3 Å². The van der Waals surface area contributed by atoms with E-state index in [2.05, 4.69) is 20.2 Å². The Kier molecular flexibility index (Phi) is 6.81. The Bertz CT molecular complexity index is 1210. The smallest absolute Gasteiger partial charge is 0.263 e. The van der Waals surface area contributed by atoms with Gasteiger partial charge in [0.1, 0.15) is 9.71 Å². The standard InChI is InChI=1S/C25H31N7O2S/c1-27-23(34)22-21(26)17-6-7-18(30-24(17)35-22)19-5-2-3-12-32(19)20(33)15-16-8-13-31(14-9-16)25-28-10-4-11-29-25/h4,6-7,10-11,16,19H,2-3,5,8-9,12-15,26H2,1H3,(H,27,34)/t19-/m1/s1. The first-order valence-electron chi connectivity index (χ1n) is 12.3. The highest BCUT2D eigenvalue weighted by atomic mass is 32.1. The Morgan fingerprint density at radius 3 is 2.63 bits per heavy atom. The third-order valence-electron chi connectivity index (χ3n) is 7.13. The first kappa shape index (κ1) is 23.5. The van der Waals surface area contributed by atoms with E-state index in [4.69, 9.17) is 10.7 Å². The molecule has 184 valence electrons. The molecule has 1 atom stereocenters. The molecular formula is C25H31N7O2S. The fourth-order valence-corrected chi connectivity index (χ4v) is 6.22. The molecule has 0 saturated carbocycles. The van der Waals surface area contributed by atoms with Gasteiger partial charge in [-0.05, 0) is 56.2 Å². The van der Waals surface area contributed by atoms with Crippen molar-refractivity contribution in [2.75, 3.05) is 37.3 Å². The molecular weight excluding hydrogens is 462 g/mol. The van der Waals surface area contributed by atoms with Crippen LogP contribution in [0.2, 0.25) is 0 Å². The molecule has 0 unspecified atom stereocenters. The van der Waals surface area contributed by atoms with Gasteiger partial charge in [-0.15, -0.1) is 11.3 Å². The van der Waals surface area contributed by atoms with Gasteiger partial charge in [-0.3, -0.25) is 9.59 Å². The van der Waals surface area contributed by atoms with Gasteiger partial charge < -0.3 is 20.9 Å². The average Bonchev–Trinajstić information content (AvgIpc) is 3.24. The van der Waals surface area contributed by atoms with E-state index in [0.717, 1.165) is 73.6 Å². The lowest BCUT2D eigenvalue weighted by Gasteiger charge is -2.37. The summed E-state index contributed by atoms with van der Waals surface area (Å²) in [5.74, 6) is 1.14. The predicted molar refractivity (Wildman–Crippen MR) is 137 cm³/mol. The number of nitrogens with one attached hydrogen (secondary N) is 1. The first-order valence-corrected chi connectivity index (χ1v) is 13.1. The molecule has 2 aliphatic heterocycles. The number of amides is 2. The molecule has 3 aromatic rings. The molecule has 0 aromatic carbocycles. The second-order valence-corrected chi connectivity index (χ2v) is 10.3. The minimum absolute atomic E-state index is 0.0368. The van der Waals surface area contributed by atoms with Crippen molar-refractivity contribution in [1.82, 2.24) is 25.2 Å². The normalized spacial score (nSPS) is 19.2. The maximum atomic E-state index is 13.4. The van der Waals surface area contributed by atoms with Crippen LogP contribution in [0.15, 0.2) is 30.6 Å². The Morgan fingerprint density at radius 2 is 1.89 bits per heavy atom. The Morgan fingerprint density at radius 1 is 1.11 bits per heavy atom. The molecule has 3 aromatic heterocycles. The lowest BCUT2D eigenvalue weighted by atomic mass is 9.91. The molecule has 0 spiro atoms. The number of aromatic nitrogens is 3. The van der Waals surface area contributed by atoms with Gasteiger partial charge in [0.15, 0.2) is 0 Å². The van der Waals surface area contributed by atoms with Gasteiger partial charge in [-0.1, -0.05) is 0 Å². The van der Waals surface area contributed by atoms with Crippen LogP contribution in [0.4, 0.5) is 11.6 Å². The van der Waals surface area contributed by atoms with Crippen LogP contribution in [0.1, 0.15) is 59.9 Å². The minimum atomic E-state index is -0.202. The lowest BCUT2D eigenvalue weighted by Crippen LogP contribution is -2.41. The summed E-state index contributed by atoms with van der Waals surface area (Å²) in [7, 11) is 1.59. The van der Waals surface area contributed by atoms with Crippen LogP contribution in [-0.2, 0) is 4.79 Å². The zero-order chi connectivity index (χ0) is 24.4. The van der Waals surface area contributed by atoms with Crippen molar-refractivity contribution in [1.29, 1.82) is 0 Å². The number of carbonyl (C=O) groups excluding carboxylic acids is 2. The number of nitrogens with two attached hydrogens (primary N) is 1. The van der Waals surface area contributed by atoms with Crippen LogP contribution in [0.5, 0.6) is 0 Å². The van der Waals surface area contributed by atoms with Gasteiger partial charge in [0.25, 0.3) is 5.91 Å². The van der Waals surface area contributed by atoms with Gasteiger partial charge in [0.2, 0.25) is 11.9 Å². The third-order valence-corrected chi connectivity index (χ3v) is 8.24. The molecule has 3 N–H and O–H groups in total. The maximum Gasteiger partial charge on any atom is 0.263 e. The largest absolute Gasteiger partial charge is 0.397 e. The van der Waals surface area contributed by atoms with E-state index >= 15 is 0 Å². The van der Waals surface area contributed by atoms with Crippen molar-refractivity contribution in [3.05, 3.63) is 41.2 Å². The molecule has 2 aliphatic rings. The molecule has 0 aliphatic carbocycles. The number of carbonyl (C=O) groups is 2. The number of piperidine rings is 2. The molecule has 5 rings (SSSR count). The maximum absolute atomic E-state index is 13.4. The van der Waals surface area contributed by atoms with E-state index < -0.39 is 0 Å². The topological polar surface area (TPSA) is 117 Å². The number of nitrogens with zero attached hydrogens (tertiary/aromatic N) is 5. The molecule has 2 amide bonds. The van der Waals surface area contributed by atoms with Crippen molar-refractivity contribution in [3.8, 4) is 0 Å². The average molecular weight is 494 g/mol. The summed E-state index contributed by atoms with van der Waals surface area (Å²) in [4.78, 5) is 44.6. The van der Waals surface area contributed by atoms with Gasteiger partial charge in [0.05, 0.1) is 17.4 Å². The monoisotopic (exact) mass is 493 g/mol. The molecule has 10 heteroatoms. The quantitative estimate of drug-likeness (QED) is 0.559. The second kappa shape index (κ2) is 10.2. The SMILES string of the molecule is CNC(=O)c1sc2nc([C@H]3CCCCN3C(=O)CC3CCN(c4ncccn4)CC3)ccc2c1N. The van der Waals surface area contributed by atoms with E-state index in [-0.39, 0.29) is 17.9 Å². The van der Waals surface area contributed by atoms with E-state index in [1.807, 2.05) is 23.1 Å². The Balaban J connectivity index is 1.28. The summed E-state index contributed by atoms with van der Waals surface area (Å²) < 4.78 is 0. The van der Waals surface area contributed by atoms with Crippen molar-refractivity contribution < 1.29 is 9.59 Å². The highest BCUT2D eigenvalue weighted by Crippen LogP contribution is 2.37.